The molecule has 0 amide bonds. The van der Waals surface area contributed by atoms with E-state index in [0.717, 1.165) is 38.5 Å². The largest absolute Gasteiger partial charge is 0.544 e. The Morgan fingerprint density at radius 3 is 1.29 bits per heavy atom. The van der Waals surface area contributed by atoms with Gasteiger partial charge in [0.1, 0.15) is 12.6 Å². The molecule has 8 heteroatoms. The molecule has 0 saturated heterocycles. The third-order valence-electron chi connectivity index (χ3n) is 11.8. The van der Waals surface area contributed by atoms with Gasteiger partial charge in [0.25, 0.3) is 0 Å². The van der Waals surface area contributed by atoms with Crippen molar-refractivity contribution in [2.45, 2.75) is 251 Å². The molecule has 0 aromatic carbocycles. The molecule has 0 radical (unpaired) electrons. The minimum Gasteiger partial charge on any atom is -0.544 e. The van der Waals surface area contributed by atoms with Crippen molar-refractivity contribution < 1.29 is 38.2 Å². The highest BCUT2D eigenvalue weighted by atomic mass is 16.6. The molecule has 362 valence electrons. The topological polar surface area (TPSA) is 102 Å². The summed E-state index contributed by atoms with van der Waals surface area (Å²) in [5.74, 6) is -1.73. The Morgan fingerprint density at radius 2 is 0.855 bits per heavy atom. The molecule has 0 aromatic rings. The molecule has 0 saturated carbocycles. The molecule has 8 nitrogen and oxygen atoms in total. The summed E-state index contributed by atoms with van der Waals surface area (Å²) in [4.78, 5) is 37.0. The minimum absolute atomic E-state index is 0.0399. The fraction of sp³-hybridized carbons (Fsp3) is 0.833. The average Bonchev–Trinajstić information content (AvgIpc) is 3.23. The molecule has 0 spiro atoms. The number of aliphatic carboxylic acids is 1. The summed E-state index contributed by atoms with van der Waals surface area (Å²) in [6.07, 6.45) is 53.1. The highest BCUT2D eigenvalue weighted by molar-refractivity contribution is 5.70. The van der Waals surface area contributed by atoms with Crippen molar-refractivity contribution in [3.05, 3.63) is 36.5 Å². The number of allylic oxidation sites excluding steroid dienone is 6. The van der Waals surface area contributed by atoms with Crippen molar-refractivity contribution in [1.29, 1.82) is 0 Å². The van der Waals surface area contributed by atoms with E-state index in [2.05, 4.69) is 50.3 Å². The first-order valence-corrected chi connectivity index (χ1v) is 26.0. The Labute approximate surface area is 383 Å². The van der Waals surface area contributed by atoms with Crippen LogP contribution in [0.15, 0.2) is 36.5 Å². The highest BCUT2D eigenvalue weighted by Crippen LogP contribution is 2.15. The number of quaternary nitrogens is 1. The van der Waals surface area contributed by atoms with Crippen LogP contribution in [0.3, 0.4) is 0 Å². The van der Waals surface area contributed by atoms with Crippen LogP contribution in [0.2, 0.25) is 0 Å². The molecule has 0 fully saturated rings. The Kier molecular flexibility index (Phi) is 43.3. The molecular formula is C54H99NO7. The standard InChI is InChI=1S/C54H99NO7/c1-6-8-10-12-14-16-18-20-22-24-26-28-30-32-34-36-38-40-42-44-52(56)61-49-50(48-60-47-46-51(54(58)59)55(3,4)5)62-53(57)45-43-41-39-37-35-33-31-29-27-25-23-21-19-17-15-13-11-9-7-2/h14,16,18,20,25,27,50-51H,6-13,15,17,19,21-24,26,28-49H2,1-5H3/b16-14+,20-18+,27-25+. The van der Waals surface area contributed by atoms with Crippen LogP contribution < -0.4 is 5.11 Å². The number of hydrogen-bond donors (Lipinski definition) is 0. The summed E-state index contributed by atoms with van der Waals surface area (Å²) in [6, 6.07) is -0.727. The Bertz CT molecular complexity index is 1110. The van der Waals surface area contributed by atoms with Crippen LogP contribution in [0.4, 0.5) is 0 Å². The van der Waals surface area contributed by atoms with Gasteiger partial charge in [0.05, 0.1) is 40.3 Å². The highest BCUT2D eigenvalue weighted by Gasteiger charge is 2.25. The Balaban J connectivity index is 4.24. The van der Waals surface area contributed by atoms with Crippen LogP contribution in [0.5, 0.6) is 0 Å². The van der Waals surface area contributed by atoms with Crippen molar-refractivity contribution in [3.63, 3.8) is 0 Å². The van der Waals surface area contributed by atoms with Crippen LogP contribution in [-0.4, -0.2) is 75.5 Å². The van der Waals surface area contributed by atoms with Crippen LogP contribution in [0, 0.1) is 0 Å². The first kappa shape index (κ1) is 59.5. The number of likely N-dealkylation sites (N-methyl/N-ethyl adjacent to an activating group) is 1. The van der Waals surface area contributed by atoms with Crippen LogP contribution in [0.25, 0.3) is 0 Å². The van der Waals surface area contributed by atoms with Gasteiger partial charge in [0, 0.05) is 19.3 Å². The lowest BCUT2D eigenvalue weighted by Gasteiger charge is -2.34. The van der Waals surface area contributed by atoms with E-state index in [1.165, 1.54) is 167 Å². The number of unbranched alkanes of at least 4 members (excludes halogenated alkanes) is 28. The molecule has 62 heavy (non-hydrogen) atoms. The summed E-state index contributed by atoms with van der Waals surface area (Å²) in [5.41, 5.74) is 0. The van der Waals surface area contributed by atoms with E-state index in [4.69, 9.17) is 14.2 Å². The number of carbonyl (C=O) groups excluding carboxylic acids is 3. The normalized spacial score (nSPS) is 13.1. The van der Waals surface area contributed by atoms with E-state index < -0.39 is 18.1 Å². The maximum absolute atomic E-state index is 12.8. The zero-order valence-corrected chi connectivity index (χ0v) is 41.3. The van der Waals surface area contributed by atoms with Crippen LogP contribution in [0.1, 0.15) is 239 Å². The molecule has 0 bridgehead atoms. The zero-order valence-electron chi connectivity index (χ0n) is 41.3. The molecule has 2 unspecified atom stereocenters. The van der Waals surface area contributed by atoms with Crippen molar-refractivity contribution in [3.8, 4) is 0 Å². The summed E-state index contributed by atoms with van der Waals surface area (Å²) in [5, 5.41) is 11.7. The zero-order chi connectivity index (χ0) is 45.6. The van der Waals surface area contributed by atoms with E-state index in [0.29, 0.717) is 12.8 Å². The molecule has 0 aliphatic heterocycles. The quantitative estimate of drug-likeness (QED) is 0.0197. The number of ether oxygens (including phenoxy) is 3. The monoisotopic (exact) mass is 874 g/mol. The second kappa shape index (κ2) is 45.1. The molecule has 0 aliphatic carbocycles. The number of hydrogen-bond acceptors (Lipinski definition) is 7. The van der Waals surface area contributed by atoms with E-state index >= 15 is 0 Å². The number of nitrogens with zero attached hydrogens (tertiary/aromatic N) is 1. The number of esters is 2. The van der Waals surface area contributed by atoms with Crippen molar-refractivity contribution in [2.24, 2.45) is 0 Å². The van der Waals surface area contributed by atoms with Crippen molar-refractivity contribution in [1.82, 2.24) is 0 Å². The maximum Gasteiger partial charge on any atom is 0.306 e. The summed E-state index contributed by atoms with van der Waals surface area (Å²) < 4.78 is 17.3. The maximum atomic E-state index is 12.8. The molecule has 0 N–H and O–H groups in total. The van der Waals surface area contributed by atoms with Crippen LogP contribution >= 0.6 is 0 Å². The van der Waals surface area contributed by atoms with Gasteiger partial charge in [0.15, 0.2) is 6.10 Å². The van der Waals surface area contributed by atoms with Gasteiger partial charge >= 0.3 is 11.9 Å². The third kappa shape index (κ3) is 42.8. The number of rotatable bonds is 47. The average molecular weight is 874 g/mol. The molecule has 0 rings (SSSR count). The predicted octanol–water partition coefficient (Wildman–Crippen LogP) is 13.6. The molecular weight excluding hydrogens is 775 g/mol. The molecule has 0 aromatic heterocycles. The van der Waals surface area contributed by atoms with Crippen LogP contribution in [-0.2, 0) is 28.6 Å². The van der Waals surface area contributed by atoms with Gasteiger partial charge in [-0.25, -0.2) is 0 Å². The number of carboxylic acid groups (broad SMARTS) is 1. The lowest BCUT2D eigenvalue weighted by atomic mass is 10.1. The first-order valence-electron chi connectivity index (χ1n) is 26.0. The summed E-state index contributed by atoms with van der Waals surface area (Å²) in [6.45, 7) is 4.66. The number of carboxylic acids is 1. The lowest BCUT2D eigenvalue weighted by molar-refractivity contribution is -0.889. The van der Waals surface area contributed by atoms with Gasteiger partial charge in [-0.3, -0.25) is 9.59 Å². The second-order valence-corrected chi connectivity index (χ2v) is 18.8. The van der Waals surface area contributed by atoms with Gasteiger partial charge in [0.2, 0.25) is 0 Å². The smallest absolute Gasteiger partial charge is 0.306 e. The van der Waals surface area contributed by atoms with Crippen molar-refractivity contribution in [2.75, 3.05) is 41.0 Å². The van der Waals surface area contributed by atoms with E-state index in [-0.39, 0.29) is 42.7 Å². The van der Waals surface area contributed by atoms with Gasteiger partial charge in [-0.15, -0.1) is 0 Å². The Hall–Kier alpha value is -2.45. The fourth-order valence-electron chi connectivity index (χ4n) is 7.70. The van der Waals surface area contributed by atoms with Gasteiger partial charge in [-0.2, -0.15) is 0 Å². The summed E-state index contributed by atoms with van der Waals surface area (Å²) in [7, 11) is 5.42. The fourth-order valence-corrected chi connectivity index (χ4v) is 7.70. The Morgan fingerprint density at radius 1 is 0.484 bits per heavy atom. The molecule has 0 heterocycles. The first-order chi connectivity index (χ1) is 30.1. The lowest BCUT2D eigenvalue weighted by Crippen LogP contribution is -2.55. The second-order valence-electron chi connectivity index (χ2n) is 18.8. The minimum atomic E-state index is -1.12. The number of carbonyl (C=O) groups is 3. The SMILES string of the molecule is CCCCC/C=C/C=C/CCCCCCCCCCCCC(=O)OCC(COCCC(C(=O)[O-])[N+](C)(C)C)OC(=O)CCCCCCCCC/C=C/CCCCCCCCCC. The summed E-state index contributed by atoms with van der Waals surface area (Å²) >= 11 is 0. The van der Waals surface area contributed by atoms with Gasteiger partial charge in [-0.1, -0.05) is 192 Å². The van der Waals surface area contributed by atoms with Crippen molar-refractivity contribution >= 4 is 17.9 Å². The van der Waals surface area contributed by atoms with Gasteiger partial charge in [-0.05, 0) is 64.2 Å². The van der Waals surface area contributed by atoms with E-state index in [1.54, 1.807) is 21.1 Å². The van der Waals surface area contributed by atoms with E-state index in [1.807, 2.05) is 0 Å². The molecule has 2 atom stereocenters. The predicted molar refractivity (Wildman–Crippen MR) is 259 cm³/mol. The van der Waals surface area contributed by atoms with E-state index in [9.17, 15) is 19.5 Å². The molecule has 0 aliphatic rings. The van der Waals surface area contributed by atoms with Gasteiger partial charge < -0.3 is 28.6 Å². The third-order valence-corrected chi connectivity index (χ3v) is 11.8.